The molecule has 0 saturated heterocycles. The first-order valence-corrected chi connectivity index (χ1v) is 8.97. The number of aryl methyl sites for hydroxylation is 1. The lowest BCUT2D eigenvalue weighted by Gasteiger charge is -2.10. The van der Waals surface area contributed by atoms with Crippen LogP contribution >= 0.6 is 0 Å². The van der Waals surface area contributed by atoms with Crippen molar-refractivity contribution in [3.05, 3.63) is 84.7 Å². The minimum atomic E-state index is 0.739. The summed E-state index contributed by atoms with van der Waals surface area (Å²) in [4.78, 5) is 15.8. The van der Waals surface area contributed by atoms with E-state index < -0.39 is 0 Å². The smallest absolute Gasteiger partial charge is 0.103 e. The van der Waals surface area contributed by atoms with E-state index in [4.69, 9.17) is 4.98 Å². The molecule has 0 radical (unpaired) electrons. The second-order valence-electron chi connectivity index (χ2n) is 6.67. The van der Waals surface area contributed by atoms with Crippen LogP contribution in [0.4, 0.5) is 0 Å². The maximum absolute atomic E-state index is 4.74. The van der Waals surface area contributed by atoms with Crippen LogP contribution in [0, 0.1) is 6.92 Å². The van der Waals surface area contributed by atoms with Gasteiger partial charge in [0.05, 0.1) is 29.6 Å². The molecule has 0 amide bonds. The highest BCUT2D eigenvalue weighted by Gasteiger charge is 2.17. The van der Waals surface area contributed by atoms with Gasteiger partial charge in [-0.1, -0.05) is 42.5 Å². The fourth-order valence-corrected chi connectivity index (χ4v) is 3.60. The van der Waals surface area contributed by atoms with Crippen molar-refractivity contribution in [2.75, 3.05) is 0 Å². The van der Waals surface area contributed by atoms with Crippen LogP contribution in [0.2, 0.25) is 0 Å². The minimum absolute atomic E-state index is 0.739. The summed E-state index contributed by atoms with van der Waals surface area (Å²) in [7, 11) is 0. The van der Waals surface area contributed by atoms with Gasteiger partial charge in [0.1, 0.15) is 5.82 Å². The third kappa shape index (κ3) is 2.73. The fourth-order valence-electron chi connectivity index (χ4n) is 3.60. The van der Waals surface area contributed by atoms with Crippen LogP contribution in [-0.2, 0) is 6.54 Å². The van der Waals surface area contributed by atoms with Crippen LogP contribution in [-0.4, -0.2) is 24.5 Å². The van der Waals surface area contributed by atoms with Gasteiger partial charge in [-0.2, -0.15) is 0 Å². The zero-order chi connectivity index (χ0) is 18.2. The monoisotopic (exact) mass is 353 g/mol. The van der Waals surface area contributed by atoms with Crippen LogP contribution in [0.1, 0.15) is 11.4 Å². The molecule has 0 aliphatic heterocycles. The molecule has 2 aromatic carbocycles. The highest BCUT2D eigenvalue weighted by molar-refractivity contribution is 5.83. The van der Waals surface area contributed by atoms with Crippen molar-refractivity contribution >= 4 is 10.9 Å². The van der Waals surface area contributed by atoms with Gasteiger partial charge in [0.2, 0.25) is 0 Å². The minimum Gasteiger partial charge on any atom is -0.361 e. The van der Waals surface area contributed by atoms with E-state index in [1.807, 2.05) is 43.8 Å². The summed E-state index contributed by atoms with van der Waals surface area (Å²) in [6.45, 7) is 2.70. The average Bonchev–Trinajstić information content (AvgIpc) is 3.42. The second-order valence-corrected chi connectivity index (χ2v) is 6.67. The highest BCUT2D eigenvalue weighted by Crippen LogP contribution is 2.31. The number of imidazole rings is 2. The van der Waals surface area contributed by atoms with Crippen molar-refractivity contribution in [1.29, 1.82) is 0 Å². The lowest BCUT2D eigenvalue weighted by Crippen LogP contribution is -2.01. The van der Waals surface area contributed by atoms with Crippen molar-refractivity contribution in [2.45, 2.75) is 13.5 Å². The maximum atomic E-state index is 4.74. The van der Waals surface area contributed by atoms with Gasteiger partial charge in [-0.3, -0.25) is 0 Å². The number of hydrogen-bond acceptors (Lipinski definition) is 2. The molecule has 0 unspecified atom stereocenters. The predicted octanol–water partition coefficient (Wildman–Crippen LogP) is 4.78. The molecule has 2 N–H and O–H groups in total. The number of benzene rings is 2. The molecule has 3 heterocycles. The topological polar surface area (TPSA) is 62.3 Å². The lowest BCUT2D eigenvalue weighted by molar-refractivity contribution is 0.808. The Morgan fingerprint density at radius 2 is 1.85 bits per heavy atom. The molecule has 0 fully saturated rings. The zero-order valence-corrected chi connectivity index (χ0v) is 15.0. The summed E-state index contributed by atoms with van der Waals surface area (Å²) in [6.07, 6.45) is 5.78. The molecule has 0 atom stereocenters. The Morgan fingerprint density at radius 1 is 0.963 bits per heavy atom. The fraction of sp³-hybridized carbons (Fsp3) is 0.0909. The van der Waals surface area contributed by atoms with Crippen molar-refractivity contribution in [2.24, 2.45) is 0 Å². The van der Waals surface area contributed by atoms with Crippen LogP contribution in [0.3, 0.4) is 0 Å². The molecule has 5 rings (SSSR count). The number of fused-ring (bicyclic) bond motifs is 1. The zero-order valence-electron chi connectivity index (χ0n) is 15.0. The summed E-state index contributed by atoms with van der Waals surface area (Å²) in [5, 5.41) is 1.24. The van der Waals surface area contributed by atoms with Gasteiger partial charge in [-0.05, 0) is 24.6 Å². The van der Waals surface area contributed by atoms with Crippen LogP contribution in [0.5, 0.6) is 0 Å². The quantitative estimate of drug-likeness (QED) is 0.488. The molecule has 5 nitrogen and oxygen atoms in total. The average molecular weight is 353 g/mol. The van der Waals surface area contributed by atoms with Gasteiger partial charge in [0.25, 0.3) is 0 Å². The SMILES string of the molecule is Cc1ncc(-c2c(-c3ccccc3)ncn2Cc2cccc3[nH]ccc23)[nH]1. The molecule has 0 aliphatic rings. The van der Waals surface area contributed by atoms with Crippen LogP contribution in [0.15, 0.2) is 73.3 Å². The Bertz CT molecular complexity index is 1210. The van der Waals surface area contributed by atoms with E-state index in [1.54, 1.807) is 0 Å². The summed E-state index contributed by atoms with van der Waals surface area (Å²) in [5.41, 5.74) is 6.48. The molecule has 5 aromatic rings. The van der Waals surface area contributed by atoms with Crippen LogP contribution in [0.25, 0.3) is 33.5 Å². The summed E-state index contributed by atoms with van der Waals surface area (Å²) < 4.78 is 2.19. The maximum Gasteiger partial charge on any atom is 0.103 e. The largest absolute Gasteiger partial charge is 0.361 e. The van der Waals surface area contributed by atoms with Gasteiger partial charge in [0.15, 0.2) is 0 Å². The molecular formula is C22H19N5. The first-order valence-electron chi connectivity index (χ1n) is 8.97. The standard InChI is InChI=1S/C22H19N5/c1-15-24-12-20(26-15)22-21(16-6-3-2-4-7-16)25-14-27(22)13-17-8-5-9-19-18(17)10-11-23-19/h2-12,14,23H,13H2,1H3,(H,24,26). The number of hydrogen-bond donors (Lipinski definition) is 2. The second kappa shape index (κ2) is 6.29. The summed E-state index contributed by atoms with van der Waals surface area (Å²) >= 11 is 0. The van der Waals surface area contributed by atoms with E-state index in [1.165, 1.54) is 10.9 Å². The third-order valence-corrected chi connectivity index (χ3v) is 4.87. The van der Waals surface area contributed by atoms with Gasteiger partial charge in [-0.15, -0.1) is 0 Å². The van der Waals surface area contributed by atoms with E-state index in [9.17, 15) is 0 Å². The Hall–Kier alpha value is -3.60. The molecule has 132 valence electrons. The molecule has 5 heteroatoms. The Kier molecular flexibility index (Phi) is 3.64. The molecule has 3 aromatic heterocycles. The number of nitrogens with one attached hydrogen (secondary N) is 2. The first-order chi connectivity index (χ1) is 13.3. The predicted molar refractivity (Wildman–Crippen MR) is 107 cm³/mol. The van der Waals surface area contributed by atoms with E-state index in [0.717, 1.165) is 40.5 Å². The molecule has 27 heavy (non-hydrogen) atoms. The first kappa shape index (κ1) is 15.6. The van der Waals surface area contributed by atoms with Crippen molar-refractivity contribution in [3.63, 3.8) is 0 Å². The normalized spacial score (nSPS) is 11.3. The molecule has 0 bridgehead atoms. The number of nitrogens with zero attached hydrogens (tertiary/aromatic N) is 3. The van der Waals surface area contributed by atoms with Gasteiger partial charge < -0.3 is 14.5 Å². The Balaban J connectivity index is 1.66. The number of H-pyrrole nitrogens is 2. The van der Waals surface area contributed by atoms with E-state index in [-0.39, 0.29) is 0 Å². The number of rotatable bonds is 4. The van der Waals surface area contributed by atoms with E-state index in [2.05, 4.69) is 55.9 Å². The van der Waals surface area contributed by atoms with Crippen molar-refractivity contribution < 1.29 is 0 Å². The summed E-state index contributed by atoms with van der Waals surface area (Å²) in [5.74, 6) is 0.893. The van der Waals surface area contributed by atoms with E-state index in [0.29, 0.717) is 0 Å². The van der Waals surface area contributed by atoms with Gasteiger partial charge in [0, 0.05) is 29.2 Å². The summed E-state index contributed by atoms with van der Waals surface area (Å²) in [6, 6.07) is 18.8. The Morgan fingerprint density at radius 3 is 2.67 bits per heavy atom. The lowest BCUT2D eigenvalue weighted by atomic mass is 10.1. The van der Waals surface area contributed by atoms with Crippen molar-refractivity contribution in [3.8, 4) is 22.6 Å². The Labute approximate surface area is 156 Å². The number of aromatic amines is 2. The molecule has 0 saturated carbocycles. The van der Waals surface area contributed by atoms with Crippen molar-refractivity contribution in [1.82, 2.24) is 24.5 Å². The van der Waals surface area contributed by atoms with Gasteiger partial charge >= 0.3 is 0 Å². The molecule has 0 aliphatic carbocycles. The molecular weight excluding hydrogens is 334 g/mol. The van der Waals surface area contributed by atoms with E-state index >= 15 is 0 Å². The highest BCUT2D eigenvalue weighted by atomic mass is 15.1. The van der Waals surface area contributed by atoms with Crippen LogP contribution < -0.4 is 0 Å². The van der Waals surface area contributed by atoms with Gasteiger partial charge in [-0.25, -0.2) is 9.97 Å². The number of aromatic nitrogens is 5. The third-order valence-electron chi connectivity index (χ3n) is 4.87. The molecule has 0 spiro atoms.